The smallest absolute Gasteiger partial charge is 0.111 e. The minimum absolute atomic E-state index is 0.140. The Morgan fingerprint density at radius 2 is 1.47 bits per heavy atom. The summed E-state index contributed by atoms with van der Waals surface area (Å²) in [5, 5.41) is 27.0. The van der Waals surface area contributed by atoms with Crippen molar-refractivity contribution >= 4 is 0 Å². The van der Waals surface area contributed by atoms with Gasteiger partial charge in [-0.25, -0.2) is 0 Å². The lowest BCUT2D eigenvalue weighted by Crippen LogP contribution is -2.40. The van der Waals surface area contributed by atoms with Crippen molar-refractivity contribution in [1.29, 1.82) is 0 Å². The van der Waals surface area contributed by atoms with Crippen LogP contribution in [0, 0.1) is 5.41 Å². The van der Waals surface area contributed by atoms with Gasteiger partial charge in [-0.2, -0.15) is 0 Å². The third-order valence-corrected chi connectivity index (χ3v) is 2.45. The first-order valence-corrected chi connectivity index (χ1v) is 4.91. The molecular weight excluding hydrogens is 200 g/mol. The molecule has 0 rings (SSSR count). The van der Waals surface area contributed by atoms with Gasteiger partial charge < -0.3 is 24.8 Å². The highest BCUT2D eigenvalue weighted by molar-refractivity contribution is 4.75. The summed E-state index contributed by atoms with van der Waals surface area (Å²) in [4.78, 5) is 0. The van der Waals surface area contributed by atoms with Gasteiger partial charge in [0.25, 0.3) is 0 Å². The number of methoxy groups -OCH3 is 1. The zero-order valence-corrected chi connectivity index (χ0v) is 9.69. The molecule has 0 aromatic heterocycles. The summed E-state index contributed by atoms with van der Waals surface area (Å²) in [5.74, 6) is 0. The minimum Gasteiger partial charge on any atom is -0.396 e. The molecule has 0 amide bonds. The molecule has 0 saturated carbocycles. The van der Waals surface area contributed by atoms with E-state index in [1.165, 1.54) is 7.11 Å². The molecule has 1 unspecified atom stereocenters. The average Bonchev–Trinajstić information content (AvgIpc) is 2.28. The summed E-state index contributed by atoms with van der Waals surface area (Å²) >= 11 is 0. The molecular formula is C10H22O5. The van der Waals surface area contributed by atoms with Crippen molar-refractivity contribution in [3.8, 4) is 0 Å². The molecule has 0 aliphatic rings. The monoisotopic (exact) mass is 222 g/mol. The highest BCUT2D eigenvalue weighted by Crippen LogP contribution is 2.16. The molecule has 0 aliphatic heterocycles. The van der Waals surface area contributed by atoms with Crippen molar-refractivity contribution < 1.29 is 24.8 Å². The summed E-state index contributed by atoms with van der Waals surface area (Å²) in [5.41, 5.74) is -1.38. The van der Waals surface area contributed by atoms with E-state index in [-0.39, 0.29) is 33.0 Å². The first-order chi connectivity index (χ1) is 6.95. The van der Waals surface area contributed by atoms with Gasteiger partial charge in [-0.05, 0) is 6.92 Å². The number of aliphatic hydroxyl groups is 3. The van der Waals surface area contributed by atoms with Gasteiger partial charge in [0.15, 0.2) is 0 Å². The lowest BCUT2D eigenvalue weighted by Gasteiger charge is -2.29. The molecule has 0 aliphatic carbocycles. The standard InChI is InChI=1S/C10H22O5/c1-9(4-11,5-12)7-15-8-10(2,6-13)14-3/h11-13H,4-8H2,1-3H3. The second-order valence-electron chi connectivity index (χ2n) is 4.43. The van der Waals surface area contributed by atoms with Crippen LogP contribution in [0.2, 0.25) is 0 Å². The molecule has 0 aromatic carbocycles. The molecule has 3 N–H and O–H groups in total. The van der Waals surface area contributed by atoms with E-state index in [4.69, 9.17) is 24.8 Å². The highest BCUT2D eigenvalue weighted by Gasteiger charge is 2.27. The molecule has 0 fully saturated rings. The summed E-state index contributed by atoms with van der Waals surface area (Å²) in [7, 11) is 1.50. The summed E-state index contributed by atoms with van der Waals surface area (Å²) in [6.45, 7) is 3.45. The molecule has 15 heavy (non-hydrogen) atoms. The van der Waals surface area contributed by atoms with E-state index >= 15 is 0 Å². The van der Waals surface area contributed by atoms with Crippen molar-refractivity contribution in [2.24, 2.45) is 5.41 Å². The quantitative estimate of drug-likeness (QED) is 0.510. The lowest BCUT2D eigenvalue weighted by atomic mass is 9.94. The van der Waals surface area contributed by atoms with E-state index in [9.17, 15) is 0 Å². The molecule has 0 radical (unpaired) electrons. The van der Waals surface area contributed by atoms with Crippen molar-refractivity contribution in [3.05, 3.63) is 0 Å². The number of ether oxygens (including phenoxy) is 2. The normalized spacial score (nSPS) is 16.4. The van der Waals surface area contributed by atoms with Crippen LogP contribution in [0.5, 0.6) is 0 Å². The molecule has 0 saturated heterocycles. The lowest BCUT2D eigenvalue weighted by molar-refractivity contribution is -0.111. The predicted octanol–water partition coefficient (Wildman–Crippen LogP) is -0.609. The van der Waals surface area contributed by atoms with E-state index in [0.29, 0.717) is 0 Å². The summed E-state index contributed by atoms with van der Waals surface area (Å²) in [6, 6.07) is 0. The van der Waals surface area contributed by atoms with Gasteiger partial charge in [0.2, 0.25) is 0 Å². The topological polar surface area (TPSA) is 79.2 Å². The molecule has 5 heteroatoms. The molecule has 0 bridgehead atoms. The van der Waals surface area contributed by atoms with Gasteiger partial charge in [0.1, 0.15) is 5.60 Å². The van der Waals surface area contributed by atoms with E-state index in [2.05, 4.69) is 0 Å². The van der Waals surface area contributed by atoms with Crippen molar-refractivity contribution in [2.45, 2.75) is 19.4 Å². The van der Waals surface area contributed by atoms with Gasteiger partial charge in [-0.1, -0.05) is 6.92 Å². The van der Waals surface area contributed by atoms with Crippen LogP contribution < -0.4 is 0 Å². The first-order valence-electron chi connectivity index (χ1n) is 4.91. The second-order valence-corrected chi connectivity index (χ2v) is 4.43. The molecule has 0 heterocycles. The largest absolute Gasteiger partial charge is 0.396 e. The van der Waals surface area contributed by atoms with Gasteiger partial charge in [-0.15, -0.1) is 0 Å². The maximum atomic E-state index is 9.03. The predicted molar refractivity (Wildman–Crippen MR) is 55.6 cm³/mol. The van der Waals surface area contributed by atoms with Gasteiger partial charge >= 0.3 is 0 Å². The van der Waals surface area contributed by atoms with Crippen molar-refractivity contribution in [1.82, 2.24) is 0 Å². The van der Waals surface area contributed by atoms with Crippen LogP contribution in [0.25, 0.3) is 0 Å². The van der Waals surface area contributed by atoms with Crippen LogP contribution in [0.4, 0.5) is 0 Å². The van der Waals surface area contributed by atoms with E-state index in [1.807, 2.05) is 0 Å². The van der Waals surface area contributed by atoms with Crippen molar-refractivity contribution in [3.63, 3.8) is 0 Å². The van der Waals surface area contributed by atoms with Gasteiger partial charge in [0, 0.05) is 12.5 Å². The third-order valence-electron chi connectivity index (χ3n) is 2.45. The zero-order valence-electron chi connectivity index (χ0n) is 9.69. The van der Waals surface area contributed by atoms with E-state index < -0.39 is 11.0 Å². The van der Waals surface area contributed by atoms with Crippen LogP contribution in [-0.2, 0) is 9.47 Å². The SMILES string of the molecule is COC(C)(CO)COCC(C)(CO)CO. The van der Waals surface area contributed by atoms with Gasteiger partial charge in [0.05, 0.1) is 33.0 Å². The fourth-order valence-corrected chi connectivity index (χ4v) is 0.824. The average molecular weight is 222 g/mol. The van der Waals surface area contributed by atoms with Crippen LogP contribution in [0.15, 0.2) is 0 Å². The van der Waals surface area contributed by atoms with Crippen LogP contribution in [0.3, 0.4) is 0 Å². The molecule has 0 aromatic rings. The number of hydrogen-bond acceptors (Lipinski definition) is 5. The zero-order chi connectivity index (χ0) is 11.9. The Hall–Kier alpha value is -0.200. The maximum absolute atomic E-state index is 9.03. The molecule has 92 valence electrons. The van der Waals surface area contributed by atoms with Crippen LogP contribution >= 0.6 is 0 Å². The Balaban J connectivity index is 3.96. The summed E-state index contributed by atoms with van der Waals surface area (Å²) < 4.78 is 10.4. The van der Waals surface area contributed by atoms with Crippen LogP contribution in [0.1, 0.15) is 13.8 Å². The first kappa shape index (κ1) is 14.8. The van der Waals surface area contributed by atoms with Gasteiger partial charge in [-0.3, -0.25) is 0 Å². The highest BCUT2D eigenvalue weighted by atomic mass is 16.5. The molecule has 1 atom stereocenters. The fourth-order valence-electron chi connectivity index (χ4n) is 0.824. The number of rotatable bonds is 8. The second kappa shape index (κ2) is 6.40. The van der Waals surface area contributed by atoms with Crippen LogP contribution in [-0.4, -0.2) is 61.1 Å². The number of hydrogen-bond donors (Lipinski definition) is 3. The van der Waals surface area contributed by atoms with Crippen molar-refractivity contribution in [2.75, 3.05) is 40.1 Å². The maximum Gasteiger partial charge on any atom is 0.111 e. The van der Waals surface area contributed by atoms with E-state index in [0.717, 1.165) is 0 Å². The number of aliphatic hydroxyl groups excluding tert-OH is 3. The minimum atomic E-state index is -0.730. The molecule has 0 spiro atoms. The van der Waals surface area contributed by atoms with E-state index in [1.54, 1.807) is 13.8 Å². The Labute approximate surface area is 90.6 Å². The Morgan fingerprint density at radius 1 is 0.933 bits per heavy atom. The fraction of sp³-hybridized carbons (Fsp3) is 1.00. The Bertz CT molecular complexity index is 145. The molecule has 5 nitrogen and oxygen atoms in total. The third kappa shape index (κ3) is 4.90. The summed E-state index contributed by atoms with van der Waals surface area (Å²) in [6.07, 6.45) is 0. The Morgan fingerprint density at radius 3 is 1.80 bits per heavy atom. The Kier molecular flexibility index (Phi) is 6.31.